The Morgan fingerprint density at radius 2 is 2.19 bits per heavy atom. The number of hydrogen-bond acceptors (Lipinski definition) is 6. The summed E-state index contributed by atoms with van der Waals surface area (Å²) in [6.07, 6.45) is -1.18. The monoisotopic (exact) mass is 232 g/mol. The first-order chi connectivity index (χ1) is 7.63. The van der Waals surface area contributed by atoms with E-state index in [0.717, 1.165) is 0 Å². The van der Waals surface area contributed by atoms with Crippen molar-refractivity contribution in [2.45, 2.75) is 32.0 Å². The molecule has 92 valence electrons. The summed E-state index contributed by atoms with van der Waals surface area (Å²) in [4.78, 5) is 22.2. The van der Waals surface area contributed by atoms with Crippen LogP contribution in [0.4, 0.5) is 0 Å². The van der Waals surface area contributed by atoms with Crippen LogP contribution in [-0.2, 0) is 23.8 Å². The van der Waals surface area contributed by atoms with Crippen LogP contribution in [0, 0.1) is 0 Å². The molecule has 1 rings (SSSR count). The van der Waals surface area contributed by atoms with Crippen LogP contribution in [-0.4, -0.2) is 49.1 Å². The number of epoxide rings is 1. The van der Waals surface area contributed by atoms with Crippen molar-refractivity contribution in [1.82, 2.24) is 0 Å². The lowest BCUT2D eigenvalue weighted by atomic mass is 10.2. The van der Waals surface area contributed by atoms with Gasteiger partial charge in [0.05, 0.1) is 19.6 Å². The Kier molecular flexibility index (Phi) is 5.21. The van der Waals surface area contributed by atoms with Crippen molar-refractivity contribution in [3.05, 3.63) is 0 Å². The number of hydrogen-bond donors (Lipinski definition) is 1. The molecule has 2 unspecified atom stereocenters. The van der Waals surface area contributed by atoms with E-state index in [0.29, 0.717) is 13.0 Å². The fraction of sp³-hybridized carbons (Fsp3) is 0.800. The van der Waals surface area contributed by atoms with Crippen LogP contribution in [0.2, 0.25) is 0 Å². The molecule has 1 aliphatic rings. The maximum Gasteiger partial charge on any atom is 0.335 e. The average Bonchev–Trinajstić information content (AvgIpc) is 3.06. The first-order valence-electron chi connectivity index (χ1n) is 5.25. The highest BCUT2D eigenvalue weighted by Crippen LogP contribution is 2.09. The van der Waals surface area contributed by atoms with Gasteiger partial charge < -0.3 is 19.3 Å². The van der Waals surface area contributed by atoms with Crippen molar-refractivity contribution >= 4 is 11.9 Å². The molecule has 2 atom stereocenters. The maximum atomic E-state index is 11.1. The standard InChI is InChI=1S/C10H16O6/c1-2-3-14-9(12)4-8(11)10(13)16-6-7-5-15-7/h7-8,11H,2-6H2,1H3. The summed E-state index contributed by atoms with van der Waals surface area (Å²) in [6, 6.07) is 0. The molecule has 0 aliphatic carbocycles. The summed E-state index contributed by atoms with van der Waals surface area (Å²) in [5, 5.41) is 9.30. The Labute approximate surface area is 93.5 Å². The molecule has 1 N–H and O–H groups in total. The Morgan fingerprint density at radius 3 is 2.75 bits per heavy atom. The first-order valence-corrected chi connectivity index (χ1v) is 5.25. The second kappa shape index (κ2) is 6.44. The van der Waals surface area contributed by atoms with Crippen molar-refractivity contribution in [3.8, 4) is 0 Å². The van der Waals surface area contributed by atoms with Gasteiger partial charge >= 0.3 is 11.9 Å². The van der Waals surface area contributed by atoms with E-state index in [4.69, 9.17) is 14.2 Å². The Hall–Kier alpha value is -1.14. The van der Waals surface area contributed by atoms with Crippen LogP contribution in [0.15, 0.2) is 0 Å². The lowest BCUT2D eigenvalue weighted by Gasteiger charge is -2.09. The van der Waals surface area contributed by atoms with E-state index in [1.54, 1.807) is 0 Å². The first kappa shape index (κ1) is 12.9. The van der Waals surface area contributed by atoms with Gasteiger partial charge in [-0.05, 0) is 6.42 Å². The highest BCUT2D eigenvalue weighted by atomic mass is 16.6. The second-order valence-corrected chi connectivity index (χ2v) is 3.53. The Morgan fingerprint density at radius 1 is 1.50 bits per heavy atom. The van der Waals surface area contributed by atoms with Gasteiger partial charge in [-0.3, -0.25) is 4.79 Å². The highest BCUT2D eigenvalue weighted by Gasteiger charge is 2.27. The molecule has 1 aliphatic heterocycles. The summed E-state index contributed by atoms with van der Waals surface area (Å²) in [5.74, 6) is -1.42. The summed E-state index contributed by atoms with van der Waals surface area (Å²) < 4.78 is 14.3. The van der Waals surface area contributed by atoms with Crippen LogP contribution in [0.5, 0.6) is 0 Å². The largest absolute Gasteiger partial charge is 0.466 e. The van der Waals surface area contributed by atoms with Crippen LogP contribution >= 0.6 is 0 Å². The number of carbonyl (C=O) groups is 2. The second-order valence-electron chi connectivity index (χ2n) is 3.53. The fourth-order valence-corrected chi connectivity index (χ4v) is 0.952. The third-order valence-corrected chi connectivity index (χ3v) is 1.91. The summed E-state index contributed by atoms with van der Waals surface area (Å²) >= 11 is 0. The molecule has 0 bridgehead atoms. The maximum absolute atomic E-state index is 11.1. The zero-order valence-electron chi connectivity index (χ0n) is 9.18. The normalized spacial score (nSPS) is 20.0. The van der Waals surface area contributed by atoms with Crippen molar-refractivity contribution in [3.63, 3.8) is 0 Å². The summed E-state index contributed by atoms with van der Waals surface area (Å²) in [6.45, 7) is 2.84. The van der Waals surface area contributed by atoms with Gasteiger partial charge in [-0.2, -0.15) is 0 Å². The Balaban J connectivity index is 2.13. The molecule has 6 nitrogen and oxygen atoms in total. The molecule has 16 heavy (non-hydrogen) atoms. The van der Waals surface area contributed by atoms with E-state index in [1.165, 1.54) is 0 Å². The van der Waals surface area contributed by atoms with E-state index >= 15 is 0 Å². The summed E-state index contributed by atoms with van der Waals surface area (Å²) in [5.41, 5.74) is 0. The van der Waals surface area contributed by atoms with Gasteiger partial charge in [-0.25, -0.2) is 4.79 Å². The predicted molar refractivity (Wildman–Crippen MR) is 52.6 cm³/mol. The quantitative estimate of drug-likeness (QED) is 0.476. The van der Waals surface area contributed by atoms with Gasteiger partial charge in [-0.15, -0.1) is 0 Å². The fourth-order valence-electron chi connectivity index (χ4n) is 0.952. The van der Waals surface area contributed by atoms with E-state index in [1.807, 2.05) is 6.92 Å². The molecule has 0 aromatic carbocycles. The number of rotatable bonds is 7. The van der Waals surface area contributed by atoms with Crippen molar-refractivity contribution in [2.24, 2.45) is 0 Å². The minimum Gasteiger partial charge on any atom is -0.466 e. The molecule has 1 saturated heterocycles. The molecule has 1 heterocycles. The van der Waals surface area contributed by atoms with Crippen LogP contribution in [0.3, 0.4) is 0 Å². The molecule has 0 saturated carbocycles. The van der Waals surface area contributed by atoms with Gasteiger partial charge in [-0.1, -0.05) is 6.92 Å². The van der Waals surface area contributed by atoms with E-state index < -0.39 is 18.0 Å². The molecule has 0 spiro atoms. The molecular formula is C10H16O6. The topological polar surface area (TPSA) is 85.4 Å². The lowest BCUT2D eigenvalue weighted by Crippen LogP contribution is -2.28. The number of aliphatic hydroxyl groups is 1. The van der Waals surface area contributed by atoms with E-state index in [-0.39, 0.29) is 25.7 Å². The van der Waals surface area contributed by atoms with Crippen LogP contribution < -0.4 is 0 Å². The minimum absolute atomic E-state index is 0.0526. The third-order valence-electron chi connectivity index (χ3n) is 1.91. The Bertz CT molecular complexity index is 248. The van der Waals surface area contributed by atoms with E-state index in [2.05, 4.69) is 0 Å². The average molecular weight is 232 g/mol. The van der Waals surface area contributed by atoms with Gasteiger partial charge in [0.25, 0.3) is 0 Å². The summed E-state index contributed by atoms with van der Waals surface area (Å²) in [7, 11) is 0. The molecular weight excluding hydrogens is 216 g/mol. The van der Waals surface area contributed by atoms with Gasteiger partial charge in [0.2, 0.25) is 0 Å². The van der Waals surface area contributed by atoms with E-state index in [9.17, 15) is 14.7 Å². The predicted octanol–water partition coefficient (Wildman–Crippen LogP) is -0.367. The smallest absolute Gasteiger partial charge is 0.335 e. The zero-order chi connectivity index (χ0) is 12.0. The molecule has 1 fully saturated rings. The number of esters is 2. The van der Waals surface area contributed by atoms with Crippen molar-refractivity contribution in [1.29, 1.82) is 0 Å². The van der Waals surface area contributed by atoms with Gasteiger partial charge in [0, 0.05) is 0 Å². The lowest BCUT2D eigenvalue weighted by molar-refractivity contribution is -0.160. The molecule has 0 amide bonds. The zero-order valence-corrected chi connectivity index (χ0v) is 9.18. The molecule has 0 aromatic rings. The minimum atomic E-state index is -1.46. The molecule has 6 heteroatoms. The van der Waals surface area contributed by atoms with Crippen molar-refractivity contribution < 1.29 is 28.9 Å². The number of aliphatic hydroxyl groups excluding tert-OH is 1. The van der Waals surface area contributed by atoms with Gasteiger partial charge in [0.15, 0.2) is 6.10 Å². The van der Waals surface area contributed by atoms with Crippen molar-refractivity contribution in [2.75, 3.05) is 19.8 Å². The highest BCUT2D eigenvalue weighted by molar-refractivity contribution is 5.81. The van der Waals surface area contributed by atoms with Gasteiger partial charge in [0.1, 0.15) is 12.7 Å². The van der Waals surface area contributed by atoms with Crippen LogP contribution in [0.1, 0.15) is 19.8 Å². The van der Waals surface area contributed by atoms with Crippen LogP contribution in [0.25, 0.3) is 0 Å². The molecule has 0 radical (unpaired) electrons. The molecule has 0 aromatic heterocycles. The number of carbonyl (C=O) groups excluding carboxylic acids is 2. The third kappa shape index (κ3) is 5.09. The SMILES string of the molecule is CCCOC(=O)CC(O)C(=O)OCC1CO1. The number of ether oxygens (including phenoxy) is 3.